The van der Waals surface area contributed by atoms with Crippen molar-refractivity contribution >= 4 is 11.8 Å². The number of amides is 1. The molecule has 0 aliphatic carbocycles. The molecule has 0 aliphatic heterocycles. The maximum absolute atomic E-state index is 11.5. The van der Waals surface area contributed by atoms with E-state index in [-0.39, 0.29) is 13.2 Å². The number of nitrogens with one attached hydrogen (secondary N) is 1. The van der Waals surface area contributed by atoms with E-state index in [0.717, 1.165) is 0 Å². The predicted octanol–water partition coefficient (Wildman–Crippen LogP) is 2.02. The van der Waals surface area contributed by atoms with Crippen LogP contribution in [-0.2, 0) is 18.0 Å². The van der Waals surface area contributed by atoms with Gasteiger partial charge in [0.15, 0.2) is 0 Å². The first-order chi connectivity index (χ1) is 8.35. The molecule has 0 aliphatic rings. The average Bonchev–Trinajstić information content (AvgIpc) is 2.26. The SMILES string of the molecule is CC(C)(C)OC(=O)Nc1ccc(CO)c(CO)c1. The first kappa shape index (κ1) is 14.5. The van der Waals surface area contributed by atoms with Crippen LogP contribution >= 0.6 is 0 Å². The standard InChI is InChI=1S/C13H19NO4/c1-13(2,3)18-12(17)14-11-5-4-9(7-15)10(6-11)8-16/h4-6,15-16H,7-8H2,1-3H3,(H,14,17). The third-order valence-electron chi connectivity index (χ3n) is 2.19. The normalized spacial score (nSPS) is 11.2. The molecule has 100 valence electrons. The van der Waals surface area contributed by atoms with Crippen molar-refractivity contribution in [3.8, 4) is 0 Å². The molecular formula is C13H19NO4. The highest BCUT2D eigenvalue weighted by atomic mass is 16.6. The number of aliphatic hydroxyl groups excluding tert-OH is 2. The zero-order valence-corrected chi connectivity index (χ0v) is 10.9. The monoisotopic (exact) mass is 253 g/mol. The summed E-state index contributed by atoms with van der Waals surface area (Å²) in [7, 11) is 0. The van der Waals surface area contributed by atoms with Crippen molar-refractivity contribution in [3.05, 3.63) is 29.3 Å². The van der Waals surface area contributed by atoms with Crippen molar-refractivity contribution in [1.29, 1.82) is 0 Å². The molecule has 0 heterocycles. The molecule has 0 saturated carbocycles. The van der Waals surface area contributed by atoms with Crippen molar-refractivity contribution in [1.82, 2.24) is 0 Å². The Labute approximate surface area is 106 Å². The van der Waals surface area contributed by atoms with Crippen molar-refractivity contribution < 1.29 is 19.7 Å². The van der Waals surface area contributed by atoms with Crippen LogP contribution < -0.4 is 5.32 Å². The summed E-state index contributed by atoms with van der Waals surface area (Å²) in [5.41, 5.74) is 1.17. The Kier molecular flexibility index (Phi) is 4.69. The van der Waals surface area contributed by atoms with E-state index in [1.54, 1.807) is 39.0 Å². The number of ether oxygens (including phenoxy) is 1. The van der Waals surface area contributed by atoms with E-state index in [1.807, 2.05) is 0 Å². The molecular weight excluding hydrogens is 234 g/mol. The Balaban J connectivity index is 2.76. The summed E-state index contributed by atoms with van der Waals surface area (Å²) in [6.45, 7) is 4.99. The number of carbonyl (C=O) groups excluding carboxylic acids is 1. The van der Waals surface area contributed by atoms with Crippen LogP contribution in [0.15, 0.2) is 18.2 Å². The van der Waals surface area contributed by atoms with Crippen LogP contribution in [0.1, 0.15) is 31.9 Å². The summed E-state index contributed by atoms with van der Waals surface area (Å²) in [4.78, 5) is 11.5. The average molecular weight is 253 g/mol. The van der Waals surface area contributed by atoms with Crippen molar-refractivity contribution in [3.63, 3.8) is 0 Å². The largest absolute Gasteiger partial charge is 0.444 e. The quantitative estimate of drug-likeness (QED) is 0.770. The number of carbonyl (C=O) groups is 1. The first-order valence-corrected chi connectivity index (χ1v) is 5.69. The van der Waals surface area contributed by atoms with Gasteiger partial charge in [-0.15, -0.1) is 0 Å². The van der Waals surface area contributed by atoms with E-state index < -0.39 is 11.7 Å². The molecule has 1 aromatic carbocycles. The van der Waals surface area contributed by atoms with E-state index >= 15 is 0 Å². The lowest BCUT2D eigenvalue weighted by Crippen LogP contribution is -2.27. The molecule has 18 heavy (non-hydrogen) atoms. The fourth-order valence-corrected chi connectivity index (χ4v) is 1.43. The number of aliphatic hydroxyl groups is 2. The minimum absolute atomic E-state index is 0.150. The Morgan fingerprint density at radius 1 is 1.22 bits per heavy atom. The lowest BCUT2D eigenvalue weighted by atomic mass is 10.1. The van der Waals surface area contributed by atoms with Gasteiger partial charge in [0.25, 0.3) is 0 Å². The van der Waals surface area contributed by atoms with Gasteiger partial charge in [-0.25, -0.2) is 4.79 Å². The van der Waals surface area contributed by atoms with Gasteiger partial charge in [-0.3, -0.25) is 5.32 Å². The summed E-state index contributed by atoms with van der Waals surface area (Å²) < 4.78 is 5.11. The first-order valence-electron chi connectivity index (χ1n) is 5.69. The van der Waals surface area contributed by atoms with E-state index in [2.05, 4.69) is 5.32 Å². The molecule has 0 atom stereocenters. The number of benzene rings is 1. The fraction of sp³-hybridized carbons (Fsp3) is 0.462. The zero-order chi connectivity index (χ0) is 13.8. The van der Waals surface area contributed by atoms with Gasteiger partial charge in [0, 0.05) is 5.69 Å². The zero-order valence-electron chi connectivity index (χ0n) is 10.9. The molecule has 5 heteroatoms. The summed E-state index contributed by atoms with van der Waals surface area (Å²) in [6.07, 6.45) is -0.553. The van der Waals surface area contributed by atoms with Gasteiger partial charge in [-0.05, 0) is 44.0 Å². The van der Waals surface area contributed by atoms with Gasteiger partial charge in [-0.2, -0.15) is 0 Å². The molecule has 1 rings (SSSR count). The van der Waals surface area contributed by atoms with Crippen molar-refractivity contribution in [2.24, 2.45) is 0 Å². The Morgan fingerprint density at radius 2 is 1.83 bits per heavy atom. The minimum Gasteiger partial charge on any atom is -0.444 e. The highest BCUT2D eigenvalue weighted by molar-refractivity contribution is 5.85. The van der Waals surface area contributed by atoms with Crippen LogP contribution in [0.2, 0.25) is 0 Å². The maximum atomic E-state index is 11.5. The van der Waals surface area contributed by atoms with E-state index in [1.165, 1.54) is 0 Å². The predicted molar refractivity (Wildman–Crippen MR) is 68.1 cm³/mol. The van der Waals surface area contributed by atoms with Crippen LogP contribution in [0.4, 0.5) is 10.5 Å². The number of hydrogen-bond donors (Lipinski definition) is 3. The van der Waals surface area contributed by atoms with Gasteiger partial charge < -0.3 is 14.9 Å². The number of hydrogen-bond acceptors (Lipinski definition) is 4. The minimum atomic E-state index is -0.561. The van der Waals surface area contributed by atoms with Crippen LogP contribution in [0.3, 0.4) is 0 Å². The molecule has 0 unspecified atom stereocenters. The highest BCUT2D eigenvalue weighted by Crippen LogP contribution is 2.17. The van der Waals surface area contributed by atoms with Crippen molar-refractivity contribution in [2.75, 3.05) is 5.32 Å². The summed E-state index contributed by atoms with van der Waals surface area (Å²) >= 11 is 0. The van der Waals surface area contributed by atoms with E-state index in [0.29, 0.717) is 16.8 Å². The Hall–Kier alpha value is -1.59. The molecule has 1 aromatic rings. The van der Waals surface area contributed by atoms with Gasteiger partial charge in [0.1, 0.15) is 5.60 Å². The van der Waals surface area contributed by atoms with Crippen LogP contribution in [0.25, 0.3) is 0 Å². The second kappa shape index (κ2) is 5.84. The topological polar surface area (TPSA) is 78.8 Å². The molecule has 0 spiro atoms. The molecule has 0 bridgehead atoms. The third-order valence-corrected chi connectivity index (χ3v) is 2.19. The number of anilines is 1. The maximum Gasteiger partial charge on any atom is 0.412 e. The van der Waals surface area contributed by atoms with Crippen LogP contribution in [0.5, 0.6) is 0 Å². The van der Waals surface area contributed by atoms with Crippen LogP contribution in [0, 0.1) is 0 Å². The second-order valence-corrected chi connectivity index (χ2v) is 4.93. The Bertz CT molecular complexity index is 423. The van der Waals surface area contributed by atoms with Gasteiger partial charge in [0.05, 0.1) is 13.2 Å². The lowest BCUT2D eigenvalue weighted by molar-refractivity contribution is 0.0636. The summed E-state index contributed by atoms with van der Waals surface area (Å²) in [6, 6.07) is 4.91. The van der Waals surface area contributed by atoms with E-state index in [4.69, 9.17) is 14.9 Å². The molecule has 1 amide bonds. The number of rotatable bonds is 3. The van der Waals surface area contributed by atoms with Gasteiger partial charge in [0.2, 0.25) is 0 Å². The van der Waals surface area contributed by atoms with Gasteiger partial charge >= 0.3 is 6.09 Å². The molecule has 5 nitrogen and oxygen atoms in total. The molecule has 0 radical (unpaired) electrons. The second-order valence-electron chi connectivity index (χ2n) is 4.93. The van der Waals surface area contributed by atoms with Crippen LogP contribution in [-0.4, -0.2) is 21.9 Å². The fourth-order valence-electron chi connectivity index (χ4n) is 1.43. The smallest absolute Gasteiger partial charge is 0.412 e. The van der Waals surface area contributed by atoms with Gasteiger partial charge in [-0.1, -0.05) is 6.07 Å². The summed E-state index contributed by atoms with van der Waals surface area (Å²) in [5.74, 6) is 0. The third kappa shape index (κ3) is 4.35. The molecule has 3 N–H and O–H groups in total. The molecule has 0 aromatic heterocycles. The lowest BCUT2D eigenvalue weighted by Gasteiger charge is -2.20. The van der Waals surface area contributed by atoms with E-state index in [9.17, 15) is 4.79 Å². The highest BCUT2D eigenvalue weighted by Gasteiger charge is 2.16. The summed E-state index contributed by atoms with van der Waals surface area (Å²) in [5, 5.41) is 20.8. The molecule has 0 fully saturated rings. The Morgan fingerprint density at radius 3 is 2.33 bits per heavy atom. The van der Waals surface area contributed by atoms with Crippen molar-refractivity contribution in [2.45, 2.75) is 39.6 Å². The molecule has 0 saturated heterocycles.